The molecule has 4 aromatic rings. The monoisotopic (exact) mass is 488 g/mol. The SMILES string of the molecule is CCN(Cc1ccc(CN(C)C)cc1)C(=O)c1ccccc1CSc1nc2nc(C)cc(C)n2n1. The van der Waals surface area contributed by atoms with E-state index >= 15 is 0 Å². The zero-order valence-electron chi connectivity index (χ0n) is 21.0. The highest BCUT2D eigenvalue weighted by Gasteiger charge is 2.19. The van der Waals surface area contributed by atoms with E-state index < -0.39 is 0 Å². The lowest BCUT2D eigenvalue weighted by molar-refractivity contribution is 0.0751. The third-order valence-electron chi connectivity index (χ3n) is 5.77. The fourth-order valence-electron chi connectivity index (χ4n) is 4.04. The van der Waals surface area contributed by atoms with Gasteiger partial charge in [0.05, 0.1) is 0 Å². The molecule has 7 nitrogen and oxygen atoms in total. The van der Waals surface area contributed by atoms with Crippen LogP contribution in [0.5, 0.6) is 0 Å². The van der Waals surface area contributed by atoms with Crippen LogP contribution in [0, 0.1) is 13.8 Å². The summed E-state index contributed by atoms with van der Waals surface area (Å²) in [5, 5.41) is 5.23. The van der Waals surface area contributed by atoms with Crippen LogP contribution in [0.3, 0.4) is 0 Å². The number of fused-ring (bicyclic) bond motifs is 1. The highest BCUT2D eigenvalue weighted by molar-refractivity contribution is 7.98. The summed E-state index contributed by atoms with van der Waals surface area (Å²) in [6.45, 7) is 8.09. The Bertz CT molecular complexity index is 1320. The van der Waals surface area contributed by atoms with Crippen molar-refractivity contribution in [1.29, 1.82) is 0 Å². The number of carbonyl (C=O) groups is 1. The normalized spacial score (nSPS) is 11.4. The van der Waals surface area contributed by atoms with Crippen molar-refractivity contribution in [2.75, 3.05) is 20.6 Å². The third kappa shape index (κ3) is 6.07. The van der Waals surface area contributed by atoms with Crippen LogP contribution < -0.4 is 0 Å². The van der Waals surface area contributed by atoms with Gasteiger partial charge in [0.2, 0.25) is 5.16 Å². The number of amides is 1. The maximum absolute atomic E-state index is 13.5. The lowest BCUT2D eigenvalue weighted by Crippen LogP contribution is -2.31. The predicted octanol–water partition coefficient (Wildman–Crippen LogP) is 4.76. The molecule has 0 unspecified atom stereocenters. The summed E-state index contributed by atoms with van der Waals surface area (Å²) < 4.78 is 1.76. The molecule has 1 amide bonds. The summed E-state index contributed by atoms with van der Waals surface area (Å²) in [4.78, 5) is 26.6. The van der Waals surface area contributed by atoms with Crippen LogP contribution in [0.2, 0.25) is 0 Å². The molecule has 0 radical (unpaired) electrons. The van der Waals surface area contributed by atoms with Crippen molar-refractivity contribution in [3.8, 4) is 0 Å². The number of aromatic nitrogens is 4. The highest BCUT2D eigenvalue weighted by Crippen LogP contribution is 2.24. The van der Waals surface area contributed by atoms with Gasteiger partial charge in [0.15, 0.2) is 0 Å². The number of thioether (sulfide) groups is 1. The number of hydrogen-bond donors (Lipinski definition) is 0. The van der Waals surface area contributed by atoms with Gasteiger partial charge in [-0.3, -0.25) is 4.79 Å². The summed E-state index contributed by atoms with van der Waals surface area (Å²) in [5.41, 5.74) is 6.00. The molecule has 2 aromatic heterocycles. The minimum absolute atomic E-state index is 0.0390. The topological polar surface area (TPSA) is 66.6 Å². The smallest absolute Gasteiger partial charge is 0.254 e. The fraction of sp³-hybridized carbons (Fsp3) is 0.333. The van der Waals surface area contributed by atoms with Gasteiger partial charge in [-0.25, -0.2) is 9.50 Å². The molecular weight excluding hydrogens is 456 g/mol. The minimum atomic E-state index is 0.0390. The van der Waals surface area contributed by atoms with Crippen molar-refractivity contribution in [2.45, 2.75) is 44.8 Å². The van der Waals surface area contributed by atoms with E-state index in [9.17, 15) is 4.79 Å². The van der Waals surface area contributed by atoms with Gasteiger partial charge in [0.1, 0.15) is 0 Å². The molecule has 0 aliphatic heterocycles. The van der Waals surface area contributed by atoms with Gasteiger partial charge in [-0.2, -0.15) is 4.98 Å². The van der Waals surface area contributed by atoms with Crippen molar-refractivity contribution in [1.82, 2.24) is 29.4 Å². The van der Waals surface area contributed by atoms with Gasteiger partial charge in [0, 0.05) is 42.3 Å². The van der Waals surface area contributed by atoms with E-state index in [1.54, 1.807) is 4.52 Å². The van der Waals surface area contributed by atoms with Crippen LogP contribution >= 0.6 is 11.8 Å². The highest BCUT2D eigenvalue weighted by atomic mass is 32.2. The molecule has 0 bridgehead atoms. The second-order valence-electron chi connectivity index (χ2n) is 8.96. The van der Waals surface area contributed by atoms with E-state index in [1.807, 2.05) is 56.0 Å². The summed E-state index contributed by atoms with van der Waals surface area (Å²) in [6, 6.07) is 18.3. The van der Waals surface area contributed by atoms with E-state index in [2.05, 4.69) is 58.3 Å². The average molecular weight is 489 g/mol. The Morgan fingerprint density at radius 3 is 2.34 bits per heavy atom. The summed E-state index contributed by atoms with van der Waals surface area (Å²) in [6.07, 6.45) is 0. The first kappa shape index (κ1) is 24.9. The molecule has 0 saturated carbocycles. The molecule has 182 valence electrons. The van der Waals surface area contributed by atoms with E-state index in [4.69, 9.17) is 0 Å². The molecule has 0 N–H and O–H groups in total. The van der Waals surface area contributed by atoms with E-state index in [0.29, 0.717) is 29.8 Å². The Hall–Kier alpha value is -3.23. The van der Waals surface area contributed by atoms with Crippen molar-refractivity contribution < 1.29 is 4.79 Å². The summed E-state index contributed by atoms with van der Waals surface area (Å²) in [7, 11) is 4.12. The van der Waals surface area contributed by atoms with Crippen LogP contribution in [-0.4, -0.2) is 55.9 Å². The first-order valence-corrected chi connectivity index (χ1v) is 12.8. The maximum atomic E-state index is 13.5. The molecule has 35 heavy (non-hydrogen) atoms. The van der Waals surface area contributed by atoms with E-state index in [1.165, 1.54) is 17.3 Å². The Kier molecular flexibility index (Phi) is 7.83. The Morgan fingerprint density at radius 2 is 1.66 bits per heavy atom. The van der Waals surface area contributed by atoms with Crippen LogP contribution in [-0.2, 0) is 18.8 Å². The van der Waals surface area contributed by atoms with E-state index in [0.717, 1.165) is 34.6 Å². The Balaban J connectivity index is 1.48. The van der Waals surface area contributed by atoms with Gasteiger partial charge in [-0.05, 0) is 63.7 Å². The lowest BCUT2D eigenvalue weighted by Gasteiger charge is -2.22. The molecule has 2 heterocycles. The van der Waals surface area contributed by atoms with Crippen LogP contribution in [0.1, 0.15) is 45.4 Å². The Morgan fingerprint density at radius 1 is 0.971 bits per heavy atom. The zero-order valence-corrected chi connectivity index (χ0v) is 21.8. The number of carbonyl (C=O) groups excluding carboxylic acids is 1. The minimum Gasteiger partial charge on any atom is -0.335 e. The number of rotatable bonds is 9. The molecule has 2 aromatic carbocycles. The molecule has 0 aliphatic rings. The van der Waals surface area contributed by atoms with E-state index in [-0.39, 0.29) is 5.91 Å². The second kappa shape index (κ2) is 11.0. The van der Waals surface area contributed by atoms with Crippen molar-refractivity contribution >= 4 is 23.4 Å². The van der Waals surface area contributed by atoms with Crippen molar-refractivity contribution in [3.63, 3.8) is 0 Å². The molecular formula is C27H32N6OS. The number of benzene rings is 2. The summed E-state index contributed by atoms with van der Waals surface area (Å²) in [5.74, 6) is 1.24. The number of nitrogens with zero attached hydrogens (tertiary/aromatic N) is 6. The second-order valence-corrected chi connectivity index (χ2v) is 9.91. The molecule has 4 rings (SSSR count). The fourth-order valence-corrected chi connectivity index (χ4v) is 4.86. The maximum Gasteiger partial charge on any atom is 0.254 e. The first-order chi connectivity index (χ1) is 16.8. The summed E-state index contributed by atoms with van der Waals surface area (Å²) >= 11 is 1.52. The molecule has 0 fully saturated rings. The first-order valence-electron chi connectivity index (χ1n) is 11.8. The van der Waals surface area contributed by atoms with Crippen LogP contribution in [0.15, 0.2) is 59.8 Å². The molecule has 0 saturated heterocycles. The van der Waals surface area contributed by atoms with Crippen LogP contribution in [0.25, 0.3) is 5.78 Å². The van der Waals surface area contributed by atoms with Crippen molar-refractivity contribution in [2.24, 2.45) is 0 Å². The van der Waals surface area contributed by atoms with Gasteiger partial charge >= 0.3 is 0 Å². The van der Waals surface area contributed by atoms with Gasteiger partial charge in [0.25, 0.3) is 11.7 Å². The van der Waals surface area contributed by atoms with Crippen LogP contribution in [0.4, 0.5) is 0 Å². The molecule has 8 heteroatoms. The standard InChI is InChI=1S/C27H32N6OS/c1-6-32(17-22-13-11-21(12-14-22)16-31(4)5)25(34)24-10-8-7-9-23(24)18-35-27-29-26-28-19(2)15-20(3)33(26)30-27/h7-15H,6,16-18H2,1-5H3. The largest absolute Gasteiger partial charge is 0.335 e. The molecule has 0 spiro atoms. The quantitative estimate of drug-likeness (QED) is 0.317. The van der Waals surface area contributed by atoms with Crippen molar-refractivity contribution in [3.05, 3.63) is 88.2 Å². The molecule has 0 atom stereocenters. The van der Waals surface area contributed by atoms with Gasteiger partial charge in [-0.15, -0.1) is 5.10 Å². The zero-order chi connectivity index (χ0) is 24.9. The molecule has 0 aliphatic carbocycles. The average Bonchev–Trinajstić information content (AvgIpc) is 3.25. The van der Waals surface area contributed by atoms with Gasteiger partial charge in [-0.1, -0.05) is 54.2 Å². The Labute approximate surface area is 211 Å². The predicted molar refractivity (Wildman–Crippen MR) is 141 cm³/mol. The lowest BCUT2D eigenvalue weighted by atomic mass is 10.1. The number of aryl methyl sites for hydroxylation is 2. The number of hydrogen-bond acceptors (Lipinski definition) is 6. The van der Waals surface area contributed by atoms with Gasteiger partial charge < -0.3 is 9.80 Å². The third-order valence-corrected chi connectivity index (χ3v) is 6.65.